The number of nitrogens with one attached hydrogen (secondary N) is 1. The number of nitrogens with zero attached hydrogens (tertiary/aromatic N) is 2. The number of benzene rings is 3. The van der Waals surface area contributed by atoms with Crippen LogP contribution in [0.5, 0.6) is 5.75 Å². The number of rotatable bonds is 12. The third kappa shape index (κ3) is 7.88. The molecule has 2 amide bonds. The van der Waals surface area contributed by atoms with E-state index in [1.165, 1.54) is 4.90 Å². The molecule has 8 nitrogen and oxygen atoms in total. The van der Waals surface area contributed by atoms with Crippen LogP contribution in [-0.2, 0) is 26.2 Å². The Morgan fingerprint density at radius 3 is 2.07 bits per heavy atom. The molecule has 0 heterocycles. The molecule has 220 valence electrons. The maximum Gasteiger partial charge on any atom is 0.264 e. The predicted octanol–water partition coefficient (Wildman–Crippen LogP) is 5.15. The van der Waals surface area contributed by atoms with E-state index in [1.807, 2.05) is 65.8 Å². The van der Waals surface area contributed by atoms with E-state index in [0.29, 0.717) is 23.4 Å². The summed E-state index contributed by atoms with van der Waals surface area (Å²) in [4.78, 5) is 29.0. The van der Waals surface area contributed by atoms with Crippen LogP contribution in [-0.4, -0.2) is 50.9 Å². The van der Waals surface area contributed by atoms with Crippen LogP contribution in [0.1, 0.15) is 49.4 Å². The van der Waals surface area contributed by atoms with Crippen LogP contribution in [0.25, 0.3) is 0 Å². The van der Waals surface area contributed by atoms with E-state index < -0.39 is 28.5 Å². The molecule has 1 atom stereocenters. The summed E-state index contributed by atoms with van der Waals surface area (Å²) >= 11 is 0. The van der Waals surface area contributed by atoms with E-state index >= 15 is 0 Å². The number of sulfonamides is 1. The molecule has 3 rings (SSSR count). The molecule has 0 bridgehead atoms. The largest absolute Gasteiger partial charge is 0.497 e. The molecule has 1 unspecified atom stereocenters. The number of amides is 2. The molecule has 0 aliphatic carbocycles. The van der Waals surface area contributed by atoms with Crippen LogP contribution < -0.4 is 14.4 Å². The standard InChI is InChI=1S/C32H41N3O5S/c1-8-29(32(37)33-22(2)3)34(20-26-13-15-27(40-7)16-14-26)31(36)21-35(30-19-24(5)9-12-25(30)6)41(38,39)28-17-10-23(4)11-18-28/h9-19,22,29H,8,20-21H2,1-7H3,(H,33,37). The molecule has 41 heavy (non-hydrogen) atoms. The Kier molecular flexibility index (Phi) is 10.6. The van der Waals surface area contributed by atoms with Crippen LogP contribution in [0.3, 0.4) is 0 Å². The van der Waals surface area contributed by atoms with Gasteiger partial charge in [-0.15, -0.1) is 0 Å². The van der Waals surface area contributed by atoms with Gasteiger partial charge in [0, 0.05) is 12.6 Å². The molecule has 3 aromatic carbocycles. The third-order valence-corrected chi connectivity index (χ3v) is 8.62. The smallest absolute Gasteiger partial charge is 0.264 e. The maximum atomic E-state index is 14.2. The molecule has 0 fully saturated rings. The van der Waals surface area contributed by atoms with Crippen molar-refractivity contribution in [1.29, 1.82) is 0 Å². The highest BCUT2D eigenvalue weighted by molar-refractivity contribution is 7.92. The van der Waals surface area contributed by atoms with Gasteiger partial charge in [-0.1, -0.05) is 48.9 Å². The summed E-state index contributed by atoms with van der Waals surface area (Å²) in [6.07, 6.45) is 0.356. The van der Waals surface area contributed by atoms with Crippen molar-refractivity contribution < 1.29 is 22.7 Å². The van der Waals surface area contributed by atoms with Gasteiger partial charge in [0.05, 0.1) is 17.7 Å². The van der Waals surface area contributed by atoms with Crippen molar-refractivity contribution in [2.75, 3.05) is 18.0 Å². The molecule has 0 aromatic heterocycles. The fourth-order valence-electron chi connectivity index (χ4n) is 4.57. The Bertz CT molecular complexity index is 1450. The summed E-state index contributed by atoms with van der Waals surface area (Å²) < 4.78 is 34.6. The third-order valence-electron chi connectivity index (χ3n) is 6.85. The Morgan fingerprint density at radius 1 is 0.902 bits per heavy atom. The first-order valence-corrected chi connectivity index (χ1v) is 15.2. The van der Waals surface area contributed by atoms with Gasteiger partial charge in [0.15, 0.2) is 0 Å². The summed E-state index contributed by atoms with van der Waals surface area (Å²) in [5.74, 6) is -0.103. The zero-order valence-corrected chi connectivity index (χ0v) is 25.8. The zero-order chi connectivity index (χ0) is 30.3. The Labute approximate surface area is 244 Å². The van der Waals surface area contributed by atoms with Crippen molar-refractivity contribution in [2.24, 2.45) is 0 Å². The number of anilines is 1. The number of hydrogen-bond acceptors (Lipinski definition) is 5. The van der Waals surface area contributed by atoms with Crippen LogP contribution in [0.4, 0.5) is 5.69 Å². The minimum Gasteiger partial charge on any atom is -0.497 e. The van der Waals surface area contributed by atoms with Gasteiger partial charge in [0.25, 0.3) is 10.0 Å². The first-order chi connectivity index (χ1) is 19.4. The first kappa shape index (κ1) is 31.7. The molecule has 1 N–H and O–H groups in total. The van der Waals surface area contributed by atoms with Crippen molar-refractivity contribution in [3.05, 3.63) is 89.0 Å². The Morgan fingerprint density at radius 2 is 1.51 bits per heavy atom. The van der Waals surface area contributed by atoms with Crippen molar-refractivity contribution in [3.8, 4) is 5.75 Å². The number of carbonyl (C=O) groups is 2. The van der Waals surface area contributed by atoms with Crippen LogP contribution in [0, 0.1) is 20.8 Å². The highest BCUT2D eigenvalue weighted by atomic mass is 32.2. The number of methoxy groups -OCH3 is 1. The average molecular weight is 580 g/mol. The summed E-state index contributed by atoms with van der Waals surface area (Å²) in [7, 11) is -2.55. The van der Waals surface area contributed by atoms with Gasteiger partial charge < -0.3 is 15.0 Å². The fraction of sp³-hybridized carbons (Fsp3) is 0.375. The first-order valence-electron chi connectivity index (χ1n) is 13.8. The molecule has 0 spiro atoms. The van der Waals surface area contributed by atoms with Crippen LogP contribution in [0.2, 0.25) is 0 Å². The molecule has 3 aromatic rings. The van der Waals surface area contributed by atoms with Gasteiger partial charge in [-0.05, 0) is 88.1 Å². The van der Waals surface area contributed by atoms with E-state index in [0.717, 1.165) is 21.0 Å². The average Bonchev–Trinajstić information content (AvgIpc) is 2.93. The molecule has 0 aliphatic rings. The Balaban J connectivity index is 2.10. The van der Waals surface area contributed by atoms with Gasteiger partial charge >= 0.3 is 0 Å². The quantitative estimate of drug-likeness (QED) is 0.320. The van der Waals surface area contributed by atoms with E-state index in [-0.39, 0.29) is 23.4 Å². The van der Waals surface area contributed by atoms with Crippen molar-refractivity contribution in [3.63, 3.8) is 0 Å². The summed E-state index contributed by atoms with van der Waals surface area (Å²) in [5, 5.41) is 2.91. The van der Waals surface area contributed by atoms with Crippen molar-refractivity contribution >= 4 is 27.5 Å². The van der Waals surface area contributed by atoms with Gasteiger partial charge in [0.2, 0.25) is 11.8 Å². The van der Waals surface area contributed by atoms with Crippen LogP contribution >= 0.6 is 0 Å². The SMILES string of the molecule is CCC(C(=O)NC(C)C)N(Cc1ccc(OC)cc1)C(=O)CN(c1cc(C)ccc1C)S(=O)(=O)c1ccc(C)cc1. The molecular weight excluding hydrogens is 538 g/mol. The van der Waals surface area contributed by atoms with Crippen molar-refractivity contribution in [1.82, 2.24) is 10.2 Å². The van der Waals surface area contributed by atoms with E-state index in [2.05, 4.69) is 5.32 Å². The Hall–Kier alpha value is -3.85. The number of hydrogen-bond donors (Lipinski definition) is 1. The lowest BCUT2D eigenvalue weighted by atomic mass is 10.1. The molecule has 9 heteroatoms. The summed E-state index contributed by atoms with van der Waals surface area (Å²) in [5.41, 5.74) is 3.70. The van der Waals surface area contributed by atoms with E-state index in [4.69, 9.17) is 4.74 Å². The predicted molar refractivity (Wildman–Crippen MR) is 163 cm³/mol. The molecule has 0 saturated heterocycles. The van der Waals surface area contributed by atoms with E-state index in [1.54, 1.807) is 49.6 Å². The zero-order valence-electron chi connectivity index (χ0n) is 25.0. The second-order valence-electron chi connectivity index (χ2n) is 10.6. The lowest BCUT2D eigenvalue weighted by molar-refractivity contribution is -0.140. The highest BCUT2D eigenvalue weighted by Gasteiger charge is 2.34. The summed E-state index contributed by atoms with van der Waals surface area (Å²) in [6, 6.07) is 18.4. The minimum absolute atomic E-state index is 0.0862. The summed E-state index contributed by atoms with van der Waals surface area (Å²) in [6.45, 7) is 10.8. The fourth-order valence-corrected chi connectivity index (χ4v) is 6.04. The van der Waals surface area contributed by atoms with Crippen molar-refractivity contribution in [2.45, 2.75) is 71.5 Å². The normalized spacial score (nSPS) is 12.1. The van der Waals surface area contributed by atoms with E-state index in [9.17, 15) is 18.0 Å². The lowest BCUT2D eigenvalue weighted by Gasteiger charge is -2.34. The number of aryl methyl sites for hydroxylation is 3. The molecule has 0 radical (unpaired) electrons. The molecular formula is C32H41N3O5S. The molecule has 0 aliphatic heterocycles. The monoisotopic (exact) mass is 579 g/mol. The second-order valence-corrected chi connectivity index (χ2v) is 12.4. The minimum atomic E-state index is -4.12. The lowest BCUT2D eigenvalue weighted by Crippen LogP contribution is -2.53. The second kappa shape index (κ2) is 13.7. The molecule has 0 saturated carbocycles. The topological polar surface area (TPSA) is 96.0 Å². The van der Waals surface area contributed by atoms with Crippen LogP contribution in [0.15, 0.2) is 71.6 Å². The van der Waals surface area contributed by atoms with Gasteiger partial charge in [0.1, 0.15) is 18.3 Å². The maximum absolute atomic E-state index is 14.2. The highest BCUT2D eigenvalue weighted by Crippen LogP contribution is 2.29. The number of ether oxygens (including phenoxy) is 1. The number of carbonyl (C=O) groups excluding carboxylic acids is 2. The van der Waals surface area contributed by atoms with Gasteiger partial charge in [-0.3, -0.25) is 13.9 Å². The van der Waals surface area contributed by atoms with Gasteiger partial charge in [-0.2, -0.15) is 0 Å². The van der Waals surface area contributed by atoms with Gasteiger partial charge in [-0.25, -0.2) is 8.42 Å².